The van der Waals surface area contributed by atoms with E-state index in [0.29, 0.717) is 5.75 Å². The summed E-state index contributed by atoms with van der Waals surface area (Å²) in [4.78, 5) is 11.9. The molecule has 0 heterocycles. The Bertz CT molecular complexity index is 1060. The summed E-state index contributed by atoms with van der Waals surface area (Å²) < 4.78 is 11.0. The lowest BCUT2D eigenvalue weighted by molar-refractivity contribution is -0.153. The zero-order chi connectivity index (χ0) is 23.5. The van der Waals surface area contributed by atoms with Gasteiger partial charge in [-0.3, -0.25) is 4.79 Å². The number of aliphatic hydroxyl groups is 1. The third-order valence-corrected chi connectivity index (χ3v) is 6.43. The van der Waals surface area contributed by atoms with Gasteiger partial charge in [0.15, 0.2) is 0 Å². The molecule has 0 spiro atoms. The van der Waals surface area contributed by atoms with Gasteiger partial charge >= 0.3 is 5.97 Å². The van der Waals surface area contributed by atoms with E-state index in [1.54, 1.807) is 0 Å². The topological polar surface area (TPSA) is 55.8 Å². The first-order valence-electron chi connectivity index (χ1n) is 11.5. The summed E-state index contributed by atoms with van der Waals surface area (Å²) in [6, 6.07) is 27.8. The van der Waals surface area contributed by atoms with Gasteiger partial charge in [0.2, 0.25) is 0 Å². The highest BCUT2D eigenvalue weighted by atomic mass is 16.6. The number of ether oxygens (including phenoxy) is 2. The molecule has 1 aliphatic rings. The molecule has 4 rings (SSSR count). The zero-order valence-corrected chi connectivity index (χ0v) is 19.6. The molecule has 0 aliphatic heterocycles. The largest absolute Gasteiger partial charge is 0.490 e. The van der Waals surface area contributed by atoms with Crippen LogP contribution in [0.5, 0.6) is 5.75 Å². The number of carbonyl (C=O) groups excluding carboxylic acids is 1. The molecule has 0 amide bonds. The first kappa shape index (κ1) is 23.1. The summed E-state index contributed by atoms with van der Waals surface area (Å²) in [6.45, 7) is 5.95. The number of rotatable bonds is 8. The van der Waals surface area contributed by atoms with Gasteiger partial charge in [-0.15, -0.1) is 0 Å². The van der Waals surface area contributed by atoms with E-state index in [2.05, 4.69) is 12.1 Å². The number of hydrogen-bond acceptors (Lipinski definition) is 4. The summed E-state index contributed by atoms with van der Waals surface area (Å²) in [5, 5.41) is 12.3. The van der Waals surface area contributed by atoms with E-state index in [0.717, 1.165) is 29.5 Å². The third kappa shape index (κ3) is 4.53. The first-order chi connectivity index (χ1) is 15.8. The smallest absolute Gasteiger partial charge is 0.311 e. The van der Waals surface area contributed by atoms with E-state index < -0.39 is 11.0 Å². The molecule has 3 aromatic rings. The van der Waals surface area contributed by atoms with Crippen molar-refractivity contribution in [1.82, 2.24) is 0 Å². The molecule has 1 atom stereocenters. The van der Waals surface area contributed by atoms with Crippen molar-refractivity contribution < 1.29 is 19.4 Å². The lowest BCUT2D eigenvalue weighted by Crippen LogP contribution is -2.41. The maximum absolute atomic E-state index is 12.3. The molecule has 4 heteroatoms. The van der Waals surface area contributed by atoms with Gasteiger partial charge in [-0.25, -0.2) is 0 Å². The average molecular weight is 445 g/mol. The Hall–Kier alpha value is -3.11. The zero-order valence-electron chi connectivity index (χ0n) is 19.6. The van der Waals surface area contributed by atoms with Gasteiger partial charge in [-0.2, -0.15) is 0 Å². The summed E-state index contributed by atoms with van der Waals surface area (Å²) >= 11 is 0. The van der Waals surface area contributed by atoms with Crippen LogP contribution in [0.3, 0.4) is 0 Å². The van der Waals surface area contributed by atoms with Crippen molar-refractivity contribution >= 4 is 5.97 Å². The lowest BCUT2D eigenvalue weighted by atomic mass is 9.70. The Morgan fingerprint density at radius 3 is 1.91 bits per heavy atom. The van der Waals surface area contributed by atoms with Crippen LogP contribution in [0.4, 0.5) is 0 Å². The first-order valence-corrected chi connectivity index (χ1v) is 11.5. The number of carbonyl (C=O) groups is 1. The third-order valence-electron chi connectivity index (χ3n) is 6.43. The Morgan fingerprint density at radius 2 is 1.36 bits per heavy atom. The van der Waals surface area contributed by atoms with Crippen LogP contribution < -0.4 is 4.74 Å². The second kappa shape index (κ2) is 9.03. The minimum Gasteiger partial charge on any atom is -0.490 e. The van der Waals surface area contributed by atoms with Crippen LogP contribution in [0.2, 0.25) is 0 Å². The quantitative estimate of drug-likeness (QED) is 0.362. The van der Waals surface area contributed by atoms with Gasteiger partial charge in [0.05, 0.1) is 5.41 Å². The minimum atomic E-state index is -1.16. The van der Waals surface area contributed by atoms with E-state index in [9.17, 15) is 9.90 Å². The molecule has 0 radical (unpaired) electrons. The second-order valence-electron chi connectivity index (χ2n) is 9.78. The number of hydrogen-bond donors (Lipinski definition) is 1. The van der Waals surface area contributed by atoms with Crippen molar-refractivity contribution in [3.8, 4) is 5.75 Å². The van der Waals surface area contributed by atoms with Crippen LogP contribution in [0.15, 0.2) is 84.9 Å². The molecule has 0 aromatic heterocycles. The van der Waals surface area contributed by atoms with Crippen molar-refractivity contribution in [2.75, 3.05) is 13.2 Å². The van der Waals surface area contributed by atoms with Crippen molar-refractivity contribution in [3.63, 3.8) is 0 Å². The molecule has 1 saturated carbocycles. The number of benzene rings is 3. The fraction of sp³-hybridized carbons (Fsp3) is 0.345. The average Bonchev–Trinajstić information content (AvgIpc) is 3.65. The predicted octanol–water partition coefficient (Wildman–Crippen LogP) is 5.62. The van der Waals surface area contributed by atoms with Crippen LogP contribution in [-0.2, 0) is 20.5 Å². The normalized spacial score (nSPS) is 16.5. The van der Waals surface area contributed by atoms with Crippen LogP contribution in [0.25, 0.3) is 0 Å². The van der Waals surface area contributed by atoms with Gasteiger partial charge in [-0.1, -0.05) is 72.8 Å². The van der Waals surface area contributed by atoms with E-state index in [1.165, 1.54) is 0 Å². The van der Waals surface area contributed by atoms with Crippen molar-refractivity contribution in [1.29, 1.82) is 0 Å². The maximum Gasteiger partial charge on any atom is 0.311 e. The summed E-state index contributed by atoms with van der Waals surface area (Å²) in [6.07, 6.45) is 1.83. The molecule has 172 valence electrons. The van der Waals surface area contributed by atoms with E-state index in [4.69, 9.17) is 9.47 Å². The Kier molecular flexibility index (Phi) is 6.31. The van der Waals surface area contributed by atoms with E-state index in [1.807, 2.05) is 93.6 Å². The fourth-order valence-corrected chi connectivity index (χ4v) is 4.44. The fourth-order valence-electron chi connectivity index (χ4n) is 4.44. The molecule has 3 aromatic carbocycles. The molecule has 4 nitrogen and oxygen atoms in total. The molecular weight excluding hydrogens is 412 g/mol. The molecule has 0 bridgehead atoms. The van der Waals surface area contributed by atoms with Crippen LogP contribution in [-0.4, -0.2) is 24.3 Å². The Balaban J connectivity index is 1.55. The molecular formula is C29H32O4. The highest BCUT2D eigenvalue weighted by Gasteiger charge is 2.61. The number of esters is 1. The van der Waals surface area contributed by atoms with Crippen molar-refractivity contribution in [3.05, 3.63) is 102 Å². The minimum absolute atomic E-state index is 0.197. The molecule has 33 heavy (non-hydrogen) atoms. The monoisotopic (exact) mass is 444 g/mol. The van der Waals surface area contributed by atoms with Gasteiger partial charge in [-0.05, 0) is 62.4 Å². The Morgan fingerprint density at radius 1 is 0.818 bits per heavy atom. The van der Waals surface area contributed by atoms with E-state index >= 15 is 0 Å². The maximum atomic E-state index is 12.3. The molecule has 1 aliphatic carbocycles. The van der Waals surface area contributed by atoms with Crippen LogP contribution >= 0.6 is 0 Å². The second-order valence-corrected chi connectivity index (χ2v) is 9.78. The van der Waals surface area contributed by atoms with Gasteiger partial charge < -0.3 is 14.6 Å². The summed E-state index contributed by atoms with van der Waals surface area (Å²) in [7, 11) is 0. The predicted molar refractivity (Wildman–Crippen MR) is 129 cm³/mol. The van der Waals surface area contributed by atoms with E-state index in [-0.39, 0.29) is 24.6 Å². The Labute approximate surface area is 196 Å². The SMILES string of the molecule is CC(C)(C)C(=O)OCCOc1ccc(C(O)(c2ccccc2)C2(c3ccccc3)CC2)cc1. The molecule has 1 unspecified atom stereocenters. The van der Waals surface area contributed by atoms with Crippen molar-refractivity contribution in [2.24, 2.45) is 5.41 Å². The molecule has 1 N–H and O–H groups in total. The highest BCUT2D eigenvalue weighted by molar-refractivity contribution is 5.75. The van der Waals surface area contributed by atoms with Crippen LogP contribution in [0, 0.1) is 5.41 Å². The highest BCUT2D eigenvalue weighted by Crippen LogP contribution is 2.62. The lowest BCUT2D eigenvalue weighted by Gasteiger charge is -2.38. The van der Waals surface area contributed by atoms with Gasteiger partial charge in [0, 0.05) is 5.41 Å². The summed E-state index contributed by atoms with van der Waals surface area (Å²) in [5.74, 6) is 0.426. The molecule has 1 fully saturated rings. The van der Waals surface area contributed by atoms with Gasteiger partial charge in [0.1, 0.15) is 24.6 Å². The van der Waals surface area contributed by atoms with Crippen molar-refractivity contribution in [2.45, 2.75) is 44.6 Å². The van der Waals surface area contributed by atoms with Gasteiger partial charge in [0.25, 0.3) is 0 Å². The van der Waals surface area contributed by atoms with Crippen LogP contribution in [0.1, 0.15) is 50.3 Å². The molecule has 0 saturated heterocycles. The standard InChI is InChI=1S/C29H32O4/c1-27(2,3)26(30)33-21-20-32-25-16-14-24(15-17-25)29(31,23-12-8-5-9-13-23)28(18-19-28)22-10-6-4-7-11-22/h4-17,31H,18-21H2,1-3H3. The summed E-state index contributed by atoms with van der Waals surface area (Å²) in [5.41, 5.74) is 0.823.